The summed E-state index contributed by atoms with van der Waals surface area (Å²) in [6.07, 6.45) is 0. The van der Waals surface area contributed by atoms with E-state index in [0.29, 0.717) is 10.8 Å². The third-order valence-electron chi connectivity index (χ3n) is 2.09. The quantitative estimate of drug-likeness (QED) is 0.585. The molecular formula is C10H10Na2O4S. The molecule has 0 aliphatic carbocycles. The molecule has 0 saturated heterocycles. The third-order valence-corrected chi connectivity index (χ3v) is 2.94. The van der Waals surface area contributed by atoms with Gasteiger partial charge in [-0.3, -0.25) is 4.55 Å². The second-order valence-corrected chi connectivity index (χ2v) is 4.59. The van der Waals surface area contributed by atoms with Crippen molar-refractivity contribution < 1.29 is 18.1 Å². The first-order valence-electron chi connectivity index (χ1n) is 4.17. The summed E-state index contributed by atoms with van der Waals surface area (Å²) in [5, 5.41) is 10.5. The van der Waals surface area contributed by atoms with Gasteiger partial charge in [0.2, 0.25) is 0 Å². The molecule has 0 aliphatic heterocycles. The van der Waals surface area contributed by atoms with E-state index in [1.54, 1.807) is 6.07 Å². The Balaban J connectivity index is 0.00000128. The molecular weight excluding hydrogens is 262 g/mol. The molecule has 2 aromatic carbocycles. The van der Waals surface area contributed by atoms with Crippen LogP contribution in [0.25, 0.3) is 10.8 Å². The van der Waals surface area contributed by atoms with E-state index in [0.717, 1.165) is 0 Å². The van der Waals surface area contributed by atoms with Gasteiger partial charge in [0.15, 0.2) is 0 Å². The van der Waals surface area contributed by atoms with E-state index in [1.165, 1.54) is 30.3 Å². The molecule has 0 amide bonds. The first-order valence-corrected chi connectivity index (χ1v) is 5.61. The normalized spacial score (nSPS) is 10.4. The monoisotopic (exact) mass is 272 g/mol. The van der Waals surface area contributed by atoms with Crippen LogP contribution in [0.15, 0.2) is 41.3 Å². The van der Waals surface area contributed by atoms with Gasteiger partial charge in [-0.25, -0.2) is 0 Å². The van der Waals surface area contributed by atoms with Crippen molar-refractivity contribution in [2.75, 3.05) is 0 Å². The van der Waals surface area contributed by atoms with Crippen molar-refractivity contribution >= 4 is 80.0 Å². The fraction of sp³-hybridized carbons (Fsp3) is 0. The van der Waals surface area contributed by atoms with Gasteiger partial charge in [0.05, 0.1) is 4.90 Å². The summed E-state index contributed by atoms with van der Waals surface area (Å²) in [4.78, 5) is -0.152. The number of phenols is 1. The summed E-state index contributed by atoms with van der Waals surface area (Å²) in [6.45, 7) is 0. The van der Waals surface area contributed by atoms with Crippen LogP contribution in [0.1, 0.15) is 0 Å². The summed E-state index contributed by atoms with van der Waals surface area (Å²) in [6, 6.07) is 8.72. The van der Waals surface area contributed by atoms with E-state index in [-0.39, 0.29) is 69.8 Å². The Bertz CT molecular complexity index is 625. The Kier molecular flexibility index (Phi) is 6.70. The van der Waals surface area contributed by atoms with Crippen LogP contribution in [-0.2, 0) is 10.1 Å². The standard InChI is InChI=1S/C10H8O4S.2Na.2H/c11-9-3-1-8-6-10(15(12,13)14)4-2-7(8)5-9;;;;/h1-6,11H,(H,12,13,14);;;;. The first-order chi connectivity index (χ1) is 6.97. The number of hydrogen-bond acceptors (Lipinski definition) is 3. The van der Waals surface area contributed by atoms with Gasteiger partial charge < -0.3 is 5.11 Å². The van der Waals surface area contributed by atoms with E-state index in [1.807, 2.05) is 0 Å². The van der Waals surface area contributed by atoms with Gasteiger partial charge in [0.25, 0.3) is 10.1 Å². The molecule has 0 heterocycles. The van der Waals surface area contributed by atoms with Crippen LogP contribution in [0.3, 0.4) is 0 Å². The molecule has 0 atom stereocenters. The first kappa shape index (κ1) is 17.4. The molecule has 0 bridgehead atoms. The summed E-state index contributed by atoms with van der Waals surface area (Å²) >= 11 is 0. The van der Waals surface area contributed by atoms with Gasteiger partial charge in [-0.05, 0) is 35.0 Å². The molecule has 0 unspecified atom stereocenters. The van der Waals surface area contributed by atoms with Gasteiger partial charge in [0.1, 0.15) is 5.75 Å². The average molecular weight is 272 g/mol. The van der Waals surface area contributed by atoms with E-state index >= 15 is 0 Å². The van der Waals surface area contributed by atoms with Gasteiger partial charge in [-0.2, -0.15) is 8.42 Å². The van der Waals surface area contributed by atoms with Crippen LogP contribution in [0.4, 0.5) is 0 Å². The fourth-order valence-electron chi connectivity index (χ4n) is 1.37. The number of benzene rings is 2. The minimum absolute atomic E-state index is 0. The van der Waals surface area contributed by atoms with Crippen molar-refractivity contribution in [1.82, 2.24) is 0 Å². The zero-order valence-electron chi connectivity index (χ0n) is 7.58. The Morgan fingerprint density at radius 1 is 0.882 bits per heavy atom. The van der Waals surface area contributed by atoms with Crippen LogP contribution in [0, 0.1) is 0 Å². The Morgan fingerprint density at radius 3 is 2.00 bits per heavy atom. The predicted octanol–water partition coefficient (Wildman–Crippen LogP) is 0.495. The molecule has 0 radical (unpaired) electrons. The van der Waals surface area contributed by atoms with Crippen LogP contribution < -0.4 is 0 Å². The molecule has 2 N–H and O–H groups in total. The number of rotatable bonds is 1. The van der Waals surface area contributed by atoms with Gasteiger partial charge in [-0.15, -0.1) is 0 Å². The van der Waals surface area contributed by atoms with Crippen molar-refractivity contribution in [1.29, 1.82) is 0 Å². The van der Waals surface area contributed by atoms with E-state index < -0.39 is 10.1 Å². The maximum atomic E-state index is 10.8. The molecule has 7 heteroatoms. The van der Waals surface area contributed by atoms with Crippen LogP contribution in [0.5, 0.6) is 5.75 Å². The van der Waals surface area contributed by atoms with Crippen LogP contribution in [-0.4, -0.2) is 77.2 Å². The fourth-order valence-corrected chi connectivity index (χ4v) is 1.89. The number of aromatic hydroxyl groups is 1. The predicted molar refractivity (Wildman–Crippen MR) is 69.7 cm³/mol. The number of hydrogen-bond donors (Lipinski definition) is 2. The Labute approximate surface area is 143 Å². The number of fused-ring (bicyclic) bond motifs is 1. The summed E-state index contributed by atoms with van der Waals surface area (Å²) < 4.78 is 30.5. The Morgan fingerprint density at radius 2 is 1.41 bits per heavy atom. The van der Waals surface area contributed by atoms with Crippen molar-refractivity contribution in [3.63, 3.8) is 0 Å². The molecule has 0 fully saturated rings. The van der Waals surface area contributed by atoms with Crippen LogP contribution >= 0.6 is 0 Å². The SMILES string of the molecule is O=S(=O)(O)c1ccc2cc(O)ccc2c1.[NaH].[NaH]. The molecule has 2 rings (SSSR count). The summed E-state index contributed by atoms with van der Waals surface area (Å²) in [5.74, 6) is 0.113. The van der Waals surface area contributed by atoms with Crippen molar-refractivity contribution in [2.24, 2.45) is 0 Å². The molecule has 0 aliphatic rings. The van der Waals surface area contributed by atoms with Gasteiger partial charge >= 0.3 is 59.1 Å². The molecule has 0 saturated carbocycles. The molecule has 82 valence electrons. The van der Waals surface area contributed by atoms with Crippen molar-refractivity contribution in [2.45, 2.75) is 4.90 Å². The second kappa shape index (κ2) is 6.54. The van der Waals surface area contributed by atoms with Crippen LogP contribution in [0.2, 0.25) is 0 Å². The molecule has 4 nitrogen and oxygen atoms in total. The van der Waals surface area contributed by atoms with E-state index in [2.05, 4.69) is 0 Å². The van der Waals surface area contributed by atoms with Crippen molar-refractivity contribution in [3.05, 3.63) is 36.4 Å². The average Bonchev–Trinajstić information content (AvgIpc) is 2.15. The topological polar surface area (TPSA) is 74.6 Å². The van der Waals surface area contributed by atoms with E-state index in [9.17, 15) is 13.5 Å². The molecule has 17 heavy (non-hydrogen) atoms. The molecule has 0 aromatic heterocycles. The number of phenolic OH excluding ortho intramolecular Hbond substituents is 1. The Hall–Kier alpha value is 0.410. The summed E-state index contributed by atoms with van der Waals surface area (Å²) in [5.41, 5.74) is 0. The van der Waals surface area contributed by atoms with Gasteiger partial charge in [-0.1, -0.05) is 12.1 Å². The van der Waals surface area contributed by atoms with E-state index in [4.69, 9.17) is 4.55 Å². The summed E-state index contributed by atoms with van der Waals surface area (Å²) in [7, 11) is -4.17. The van der Waals surface area contributed by atoms with Gasteiger partial charge in [0, 0.05) is 0 Å². The second-order valence-electron chi connectivity index (χ2n) is 3.17. The molecule has 2 aromatic rings. The zero-order chi connectivity index (χ0) is 11.1. The zero-order valence-corrected chi connectivity index (χ0v) is 8.40. The minimum atomic E-state index is -4.17. The molecule has 0 spiro atoms. The third kappa shape index (κ3) is 4.22. The maximum absolute atomic E-state index is 10.8. The van der Waals surface area contributed by atoms with Crippen molar-refractivity contribution in [3.8, 4) is 5.75 Å².